The molecule has 0 aromatic carbocycles. The highest BCUT2D eigenvalue weighted by Gasteiger charge is 2.85. The van der Waals surface area contributed by atoms with E-state index in [0.717, 1.165) is 4.72 Å². The number of hydrogen-bond donors (Lipinski definition) is 2. The van der Waals surface area contributed by atoms with Gasteiger partial charge in [0.1, 0.15) is 0 Å². The fourth-order valence-electron chi connectivity index (χ4n) is 1.58. The van der Waals surface area contributed by atoms with Gasteiger partial charge in [0.05, 0.1) is 0 Å². The van der Waals surface area contributed by atoms with Gasteiger partial charge in [-0.2, -0.15) is 39.5 Å². The van der Waals surface area contributed by atoms with Crippen molar-refractivity contribution in [2.75, 3.05) is 13.1 Å². The zero-order valence-corrected chi connectivity index (χ0v) is 11.1. The van der Waals surface area contributed by atoms with Gasteiger partial charge in [-0.1, -0.05) is 0 Å². The second kappa shape index (κ2) is 5.40. The van der Waals surface area contributed by atoms with Gasteiger partial charge in [-0.25, -0.2) is 13.1 Å². The van der Waals surface area contributed by atoms with Crippen LogP contribution in [0, 0.1) is 0 Å². The number of halogens is 9. The van der Waals surface area contributed by atoms with Crippen LogP contribution in [0.25, 0.3) is 0 Å². The zero-order chi connectivity index (χ0) is 17.6. The predicted octanol–water partition coefficient (Wildman–Crippen LogP) is 1.69. The summed E-state index contributed by atoms with van der Waals surface area (Å²) in [5.41, 5.74) is 0. The minimum Gasteiger partial charge on any atom is -0.315 e. The van der Waals surface area contributed by atoms with E-state index in [1.54, 1.807) is 0 Å². The molecule has 1 aliphatic rings. The molecular formula is C8H9F9N2O2S. The summed E-state index contributed by atoms with van der Waals surface area (Å²) in [6.45, 7) is -0.148. The molecule has 1 saturated heterocycles. The lowest BCUT2D eigenvalue weighted by atomic mass is 10.1. The van der Waals surface area contributed by atoms with Gasteiger partial charge < -0.3 is 5.32 Å². The van der Waals surface area contributed by atoms with Gasteiger partial charge in [-0.3, -0.25) is 0 Å². The molecule has 0 aliphatic carbocycles. The number of hydrogen-bond acceptors (Lipinski definition) is 3. The first kappa shape index (κ1) is 19.3. The quantitative estimate of drug-likeness (QED) is 0.727. The molecule has 22 heavy (non-hydrogen) atoms. The summed E-state index contributed by atoms with van der Waals surface area (Å²) >= 11 is 0. The highest BCUT2D eigenvalue weighted by Crippen LogP contribution is 2.54. The molecular weight excluding hydrogens is 359 g/mol. The minimum atomic E-state index is -7.24. The Labute approximate surface area is 118 Å². The van der Waals surface area contributed by atoms with Crippen LogP contribution < -0.4 is 10.0 Å². The Hall–Kier alpha value is -0.760. The van der Waals surface area contributed by atoms with Crippen molar-refractivity contribution in [2.45, 2.75) is 35.7 Å². The molecule has 0 amide bonds. The fourth-order valence-corrected chi connectivity index (χ4v) is 2.83. The lowest BCUT2D eigenvalue weighted by Crippen LogP contribution is -2.65. The first-order valence-electron chi connectivity index (χ1n) is 5.50. The van der Waals surface area contributed by atoms with Crippen LogP contribution >= 0.6 is 0 Å². The molecule has 1 fully saturated rings. The standard InChI is InChI=1S/C8H9F9N2O2S/c9-5(10,7(13,14)15)6(11,12)8(16,17)22(20,21)19-4-1-2-18-3-4/h4,18-19H,1-3H2/t4-/m1/s1. The van der Waals surface area contributed by atoms with Crippen molar-refractivity contribution in [2.24, 2.45) is 0 Å². The van der Waals surface area contributed by atoms with Gasteiger partial charge in [0, 0.05) is 12.6 Å². The molecule has 1 aliphatic heterocycles. The summed E-state index contributed by atoms with van der Waals surface area (Å²) in [5.74, 6) is -14.4. The maximum atomic E-state index is 13.3. The summed E-state index contributed by atoms with van der Waals surface area (Å²) in [4.78, 5) is 0. The Kier molecular flexibility index (Phi) is 4.74. The van der Waals surface area contributed by atoms with Gasteiger partial charge in [0.2, 0.25) is 0 Å². The molecule has 0 unspecified atom stereocenters. The predicted molar refractivity (Wildman–Crippen MR) is 54.2 cm³/mol. The van der Waals surface area contributed by atoms with Crippen LogP contribution in [-0.4, -0.2) is 50.8 Å². The molecule has 1 rings (SSSR count). The Morgan fingerprint density at radius 3 is 1.77 bits per heavy atom. The maximum absolute atomic E-state index is 13.3. The van der Waals surface area contributed by atoms with Gasteiger partial charge >= 0.3 is 23.3 Å². The molecule has 0 radical (unpaired) electrons. The lowest BCUT2D eigenvalue weighted by Gasteiger charge is -2.33. The zero-order valence-electron chi connectivity index (χ0n) is 10.3. The molecule has 0 aromatic heterocycles. The number of sulfonamides is 1. The monoisotopic (exact) mass is 368 g/mol. The Bertz CT molecular complexity index is 510. The molecule has 0 spiro atoms. The van der Waals surface area contributed by atoms with E-state index in [1.165, 1.54) is 0 Å². The van der Waals surface area contributed by atoms with E-state index in [9.17, 15) is 47.9 Å². The SMILES string of the molecule is O=S(=O)(N[C@@H]1CCNC1)C(F)(F)C(F)(F)C(F)(F)C(F)(F)F. The van der Waals surface area contributed by atoms with Crippen molar-refractivity contribution in [3.05, 3.63) is 0 Å². The van der Waals surface area contributed by atoms with Crippen LogP contribution in [0.15, 0.2) is 0 Å². The lowest BCUT2D eigenvalue weighted by molar-refractivity contribution is -0.382. The molecule has 4 nitrogen and oxygen atoms in total. The third-order valence-electron chi connectivity index (χ3n) is 2.84. The van der Waals surface area contributed by atoms with Crippen LogP contribution in [0.2, 0.25) is 0 Å². The van der Waals surface area contributed by atoms with Crippen molar-refractivity contribution in [1.29, 1.82) is 0 Å². The molecule has 132 valence electrons. The third-order valence-corrected chi connectivity index (χ3v) is 4.41. The average Bonchev–Trinajstić information content (AvgIpc) is 2.78. The van der Waals surface area contributed by atoms with Crippen LogP contribution in [0.1, 0.15) is 6.42 Å². The highest BCUT2D eigenvalue weighted by molar-refractivity contribution is 7.90. The van der Waals surface area contributed by atoms with Crippen molar-refractivity contribution < 1.29 is 47.9 Å². The Morgan fingerprint density at radius 1 is 0.909 bits per heavy atom. The van der Waals surface area contributed by atoms with Crippen molar-refractivity contribution in [1.82, 2.24) is 10.0 Å². The smallest absolute Gasteiger partial charge is 0.315 e. The fraction of sp³-hybridized carbons (Fsp3) is 1.00. The van der Waals surface area contributed by atoms with Gasteiger partial charge in [0.25, 0.3) is 10.0 Å². The maximum Gasteiger partial charge on any atom is 0.460 e. The molecule has 0 bridgehead atoms. The average molecular weight is 368 g/mol. The van der Waals surface area contributed by atoms with Gasteiger partial charge in [0.15, 0.2) is 0 Å². The second-order valence-corrected chi connectivity index (χ2v) is 6.23. The second-order valence-electron chi connectivity index (χ2n) is 4.47. The largest absolute Gasteiger partial charge is 0.460 e. The number of nitrogens with one attached hydrogen (secondary N) is 2. The van der Waals surface area contributed by atoms with Crippen molar-refractivity contribution in [3.8, 4) is 0 Å². The molecule has 1 atom stereocenters. The summed E-state index contributed by atoms with van der Waals surface area (Å²) in [6.07, 6.45) is -7.19. The molecule has 0 aromatic rings. The highest BCUT2D eigenvalue weighted by atomic mass is 32.2. The Morgan fingerprint density at radius 2 is 1.41 bits per heavy atom. The van der Waals surface area contributed by atoms with Crippen LogP contribution in [0.4, 0.5) is 39.5 Å². The third kappa shape index (κ3) is 2.87. The van der Waals surface area contributed by atoms with E-state index in [0.29, 0.717) is 0 Å². The van der Waals surface area contributed by atoms with E-state index < -0.39 is 39.3 Å². The van der Waals surface area contributed by atoms with Crippen molar-refractivity contribution in [3.63, 3.8) is 0 Å². The minimum absolute atomic E-state index is 0.119. The number of rotatable bonds is 5. The summed E-state index contributed by atoms with van der Waals surface area (Å²) in [7, 11) is -6.50. The van der Waals surface area contributed by atoms with E-state index in [1.807, 2.05) is 0 Å². The molecule has 0 saturated carbocycles. The molecule has 2 N–H and O–H groups in total. The summed E-state index contributed by atoms with van der Waals surface area (Å²) in [6, 6.07) is -1.33. The topological polar surface area (TPSA) is 58.2 Å². The van der Waals surface area contributed by atoms with Crippen LogP contribution in [-0.2, 0) is 10.0 Å². The van der Waals surface area contributed by atoms with Crippen LogP contribution in [0.5, 0.6) is 0 Å². The first-order valence-corrected chi connectivity index (χ1v) is 6.99. The van der Waals surface area contributed by atoms with Crippen LogP contribution in [0.3, 0.4) is 0 Å². The van der Waals surface area contributed by atoms with E-state index >= 15 is 0 Å². The molecule has 1 heterocycles. The summed E-state index contributed by atoms with van der Waals surface area (Å²) in [5, 5.41) is -4.23. The van der Waals surface area contributed by atoms with Gasteiger partial charge in [-0.15, -0.1) is 0 Å². The molecule has 14 heteroatoms. The van der Waals surface area contributed by atoms with E-state index in [4.69, 9.17) is 0 Å². The van der Waals surface area contributed by atoms with E-state index in [-0.39, 0.29) is 19.5 Å². The number of alkyl halides is 9. The first-order chi connectivity index (χ1) is 9.58. The normalized spacial score (nSPS) is 22.1. The van der Waals surface area contributed by atoms with E-state index in [2.05, 4.69) is 5.32 Å². The van der Waals surface area contributed by atoms with Crippen molar-refractivity contribution >= 4 is 10.0 Å². The van der Waals surface area contributed by atoms with Gasteiger partial charge in [-0.05, 0) is 13.0 Å². The summed E-state index contributed by atoms with van der Waals surface area (Å²) < 4.78 is 137. The Balaban J connectivity index is 3.19.